The van der Waals surface area contributed by atoms with Gasteiger partial charge in [0.15, 0.2) is 5.82 Å². The molecule has 2 heterocycles. The van der Waals surface area contributed by atoms with E-state index in [-0.39, 0.29) is 0 Å². The number of rotatable bonds is 3. The van der Waals surface area contributed by atoms with E-state index in [1.54, 1.807) is 6.33 Å². The van der Waals surface area contributed by atoms with Gasteiger partial charge in [0.05, 0.1) is 0 Å². The van der Waals surface area contributed by atoms with Gasteiger partial charge in [-0.3, -0.25) is 0 Å². The van der Waals surface area contributed by atoms with Gasteiger partial charge in [0, 0.05) is 12.6 Å². The lowest BCUT2D eigenvalue weighted by Gasteiger charge is -2.39. The van der Waals surface area contributed by atoms with Gasteiger partial charge in [-0.25, -0.2) is 4.98 Å². The Balaban J connectivity index is 1.65. The van der Waals surface area contributed by atoms with Crippen molar-refractivity contribution in [2.24, 2.45) is 10.8 Å². The number of para-hydroxylation sites is 1. The summed E-state index contributed by atoms with van der Waals surface area (Å²) in [4.78, 5) is 11.1. The van der Waals surface area contributed by atoms with Crippen LogP contribution in [0.5, 0.6) is 11.6 Å². The van der Waals surface area contributed by atoms with Crippen LogP contribution in [0.15, 0.2) is 36.7 Å². The molecule has 132 valence electrons. The Morgan fingerprint density at radius 2 is 1.88 bits per heavy atom. The number of nitrogens with zero attached hydrogens (tertiary/aromatic N) is 3. The van der Waals surface area contributed by atoms with Gasteiger partial charge in [0.2, 0.25) is 5.88 Å². The normalized spacial score (nSPS) is 27.3. The zero-order valence-electron chi connectivity index (χ0n) is 15.2. The zero-order valence-corrected chi connectivity index (χ0v) is 15.2. The summed E-state index contributed by atoms with van der Waals surface area (Å²) in [5, 5.41) is 0. The highest BCUT2D eigenvalue weighted by Gasteiger charge is 2.50. The Bertz CT molecular complexity index is 777. The topological polar surface area (TPSA) is 64.3 Å². The van der Waals surface area contributed by atoms with Crippen LogP contribution in [-0.4, -0.2) is 22.6 Å². The number of hydrogen-bond acceptors (Lipinski definition) is 5. The Kier molecular flexibility index (Phi) is 3.63. The summed E-state index contributed by atoms with van der Waals surface area (Å²) < 4.78 is 5.88. The van der Waals surface area contributed by atoms with E-state index in [1.807, 2.05) is 30.3 Å². The number of fused-ring (bicyclic) bond motifs is 2. The molecule has 0 amide bonds. The van der Waals surface area contributed by atoms with Crippen LogP contribution < -0.4 is 15.4 Å². The monoisotopic (exact) mass is 338 g/mol. The van der Waals surface area contributed by atoms with E-state index in [0.29, 0.717) is 28.4 Å². The van der Waals surface area contributed by atoms with Gasteiger partial charge in [0.25, 0.3) is 0 Å². The van der Waals surface area contributed by atoms with Gasteiger partial charge in [-0.2, -0.15) is 4.98 Å². The lowest BCUT2D eigenvalue weighted by Crippen LogP contribution is -2.35. The maximum Gasteiger partial charge on any atom is 0.248 e. The van der Waals surface area contributed by atoms with Crippen molar-refractivity contribution in [3.05, 3.63) is 36.7 Å². The van der Waals surface area contributed by atoms with Crippen LogP contribution in [0.1, 0.15) is 40.0 Å². The molecule has 0 spiro atoms. The molecular weight excluding hydrogens is 312 g/mol. The molecule has 5 heteroatoms. The lowest BCUT2D eigenvalue weighted by molar-refractivity contribution is 0.136. The number of benzene rings is 1. The fourth-order valence-corrected chi connectivity index (χ4v) is 4.99. The standard InChI is InChI=1S/C20H26N4O/c1-19(2)9-14-10-20(3,11-19)12-24(14)17-16(21)18(23-13-22-17)25-15-7-5-4-6-8-15/h4-8,13-14H,9-12,21H2,1-3H3. The number of aromatic nitrogens is 2. The van der Waals surface area contributed by atoms with E-state index in [4.69, 9.17) is 10.5 Å². The molecule has 2 fully saturated rings. The van der Waals surface area contributed by atoms with Crippen LogP contribution in [0.2, 0.25) is 0 Å². The number of nitrogen functional groups attached to an aromatic ring is 1. The number of anilines is 2. The smallest absolute Gasteiger partial charge is 0.248 e. The van der Waals surface area contributed by atoms with Crippen molar-refractivity contribution in [2.75, 3.05) is 17.2 Å². The van der Waals surface area contributed by atoms with Gasteiger partial charge in [0.1, 0.15) is 17.8 Å². The highest BCUT2D eigenvalue weighted by molar-refractivity contribution is 5.69. The molecule has 1 aliphatic heterocycles. The molecule has 1 saturated heterocycles. The molecule has 4 rings (SSSR count). The van der Waals surface area contributed by atoms with Gasteiger partial charge in [-0.1, -0.05) is 39.0 Å². The molecular formula is C20H26N4O. The highest BCUT2D eigenvalue weighted by atomic mass is 16.5. The van der Waals surface area contributed by atoms with Crippen LogP contribution in [0.4, 0.5) is 11.5 Å². The second-order valence-electron chi connectivity index (χ2n) is 8.67. The zero-order chi connectivity index (χ0) is 17.7. The highest BCUT2D eigenvalue weighted by Crippen LogP contribution is 2.54. The maximum absolute atomic E-state index is 6.41. The molecule has 1 saturated carbocycles. The molecule has 2 aromatic rings. The van der Waals surface area contributed by atoms with Crippen molar-refractivity contribution in [3.63, 3.8) is 0 Å². The average molecular weight is 338 g/mol. The largest absolute Gasteiger partial charge is 0.437 e. The summed E-state index contributed by atoms with van der Waals surface area (Å²) in [6.45, 7) is 8.12. The molecule has 2 aliphatic rings. The van der Waals surface area contributed by atoms with E-state index >= 15 is 0 Å². The minimum atomic E-state index is 0.324. The van der Waals surface area contributed by atoms with Gasteiger partial charge in [-0.15, -0.1) is 0 Å². The summed E-state index contributed by atoms with van der Waals surface area (Å²) in [5.41, 5.74) is 7.62. The Morgan fingerprint density at radius 3 is 2.64 bits per heavy atom. The van der Waals surface area contributed by atoms with Gasteiger partial charge in [-0.05, 0) is 42.2 Å². The Morgan fingerprint density at radius 1 is 1.12 bits per heavy atom. The SMILES string of the molecule is CC1(C)CC2CC(C)(CN2c2ncnc(Oc3ccccc3)c2N)C1. The third-order valence-corrected chi connectivity index (χ3v) is 5.47. The number of ether oxygens (including phenoxy) is 1. The summed E-state index contributed by atoms with van der Waals surface area (Å²) in [6, 6.07) is 10.1. The quantitative estimate of drug-likeness (QED) is 0.906. The third-order valence-electron chi connectivity index (χ3n) is 5.47. The van der Waals surface area contributed by atoms with Crippen LogP contribution in [0, 0.1) is 10.8 Å². The van der Waals surface area contributed by atoms with Crippen molar-refractivity contribution in [3.8, 4) is 11.6 Å². The fourth-order valence-electron chi connectivity index (χ4n) is 4.99. The van der Waals surface area contributed by atoms with E-state index < -0.39 is 0 Å². The second-order valence-corrected chi connectivity index (χ2v) is 8.67. The lowest BCUT2D eigenvalue weighted by atomic mass is 9.65. The van der Waals surface area contributed by atoms with Gasteiger partial charge >= 0.3 is 0 Å². The molecule has 2 N–H and O–H groups in total. The summed E-state index contributed by atoms with van der Waals surface area (Å²) >= 11 is 0. The van der Waals surface area contributed by atoms with E-state index in [2.05, 4.69) is 35.6 Å². The van der Waals surface area contributed by atoms with Crippen LogP contribution in [0.25, 0.3) is 0 Å². The van der Waals surface area contributed by atoms with Crippen molar-refractivity contribution >= 4 is 11.5 Å². The summed E-state index contributed by atoms with van der Waals surface area (Å²) in [6.07, 6.45) is 5.17. The maximum atomic E-state index is 6.41. The van der Waals surface area contributed by atoms with E-state index in [0.717, 1.165) is 18.1 Å². The summed E-state index contributed by atoms with van der Waals surface area (Å²) in [7, 11) is 0. The van der Waals surface area contributed by atoms with E-state index in [1.165, 1.54) is 19.3 Å². The number of nitrogens with two attached hydrogens (primary N) is 1. The first-order valence-electron chi connectivity index (χ1n) is 8.95. The Labute approximate surface area is 149 Å². The van der Waals surface area contributed by atoms with Crippen LogP contribution >= 0.6 is 0 Å². The summed E-state index contributed by atoms with van der Waals surface area (Å²) in [5.74, 6) is 1.97. The molecule has 1 aromatic heterocycles. The van der Waals surface area contributed by atoms with Crippen molar-refractivity contribution in [2.45, 2.75) is 46.1 Å². The molecule has 1 aromatic carbocycles. The van der Waals surface area contributed by atoms with Crippen LogP contribution in [-0.2, 0) is 0 Å². The van der Waals surface area contributed by atoms with Crippen molar-refractivity contribution in [1.82, 2.24) is 9.97 Å². The molecule has 25 heavy (non-hydrogen) atoms. The molecule has 5 nitrogen and oxygen atoms in total. The predicted molar refractivity (Wildman–Crippen MR) is 99.8 cm³/mol. The minimum absolute atomic E-state index is 0.324. The molecule has 0 radical (unpaired) electrons. The van der Waals surface area contributed by atoms with Crippen LogP contribution in [0.3, 0.4) is 0 Å². The molecule has 2 unspecified atom stereocenters. The number of hydrogen-bond donors (Lipinski definition) is 1. The van der Waals surface area contributed by atoms with Crippen molar-refractivity contribution < 1.29 is 4.74 Å². The molecule has 2 atom stereocenters. The van der Waals surface area contributed by atoms with Gasteiger partial charge < -0.3 is 15.4 Å². The third kappa shape index (κ3) is 3.03. The molecule has 2 bridgehead atoms. The minimum Gasteiger partial charge on any atom is -0.437 e. The predicted octanol–water partition coefficient (Wildman–Crippen LogP) is 4.26. The van der Waals surface area contributed by atoms with E-state index in [9.17, 15) is 0 Å². The second kappa shape index (κ2) is 5.61. The fraction of sp³-hybridized carbons (Fsp3) is 0.500. The Hall–Kier alpha value is -2.30. The first kappa shape index (κ1) is 16.2. The first-order chi connectivity index (χ1) is 11.9. The van der Waals surface area contributed by atoms with Crippen molar-refractivity contribution in [1.29, 1.82) is 0 Å². The molecule has 1 aliphatic carbocycles. The average Bonchev–Trinajstić information content (AvgIpc) is 2.79. The first-order valence-corrected chi connectivity index (χ1v) is 8.95.